The molecule has 0 N–H and O–H groups in total. The lowest BCUT2D eigenvalue weighted by Crippen LogP contribution is -2.26. The topological polar surface area (TPSA) is 27.7 Å². The predicted octanol–water partition coefficient (Wildman–Crippen LogP) is 6.85. The summed E-state index contributed by atoms with van der Waals surface area (Å²) in [6.45, 7) is 3.23. The fourth-order valence-electron chi connectivity index (χ4n) is 3.26. The first-order valence-electron chi connectivity index (χ1n) is 9.61. The zero-order valence-corrected chi connectivity index (χ0v) is 16.5. The first kappa shape index (κ1) is 23.1. The first-order chi connectivity index (χ1) is 14.7. The summed E-state index contributed by atoms with van der Waals surface area (Å²) in [6.07, 6.45) is -6.65. The third-order valence-electron chi connectivity index (χ3n) is 4.69. The molecule has 0 atom stereocenters. The molecule has 3 rings (SSSR count). The summed E-state index contributed by atoms with van der Waals surface area (Å²) in [5.74, 6) is -4.01. The average Bonchev–Trinajstić information content (AvgIpc) is 2.71. The minimum Gasteiger partial charge on any atom is -0.423 e. The molecule has 1 aliphatic rings. The van der Waals surface area contributed by atoms with Gasteiger partial charge in [0.05, 0.1) is 19.3 Å². The van der Waals surface area contributed by atoms with E-state index in [-0.39, 0.29) is 5.56 Å². The summed E-state index contributed by atoms with van der Waals surface area (Å²) in [6, 6.07) is 8.05. The molecule has 1 aliphatic heterocycles. The van der Waals surface area contributed by atoms with Crippen molar-refractivity contribution < 1.29 is 40.6 Å². The number of hydrogen-bond acceptors (Lipinski definition) is 3. The lowest BCUT2D eigenvalue weighted by molar-refractivity contribution is -0.206. The van der Waals surface area contributed by atoms with Crippen LogP contribution in [-0.2, 0) is 9.47 Å². The van der Waals surface area contributed by atoms with E-state index in [9.17, 15) is 26.3 Å². The van der Waals surface area contributed by atoms with Crippen molar-refractivity contribution >= 4 is 0 Å². The largest absolute Gasteiger partial charge is 0.425 e. The maximum Gasteiger partial charge on any atom is 0.425 e. The van der Waals surface area contributed by atoms with E-state index in [2.05, 4.69) is 11.7 Å². The molecule has 0 bridgehead atoms. The third-order valence-corrected chi connectivity index (χ3v) is 4.69. The highest BCUT2D eigenvalue weighted by Crippen LogP contribution is 2.34. The van der Waals surface area contributed by atoms with E-state index in [1.807, 2.05) is 0 Å². The van der Waals surface area contributed by atoms with Crippen LogP contribution in [0.1, 0.15) is 31.6 Å². The Hall–Kier alpha value is -2.52. The Morgan fingerprint density at radius 2 is 1.61 bits per heavy atom. The van der Waals surface area contributed by atoms with Gasteiger partial charge in [-0.25, -0.2) is 8.78 Å². The molecule has 0 spiro atoms. The van der Waals surface area contributed by atoms with Crippen LogP contribution in [0, 0.1) is 17.6 Å². The highest BCUT2D eigenvalue weighted by atomic mass is 19.3. The lowest BCUT2D eigenvalue weighted by atomic mass is 10.0. The van der Waals surface area contributed by atoms with Crippen LogP contribution in [0.15, 0.2) is 48.6 Å². The van der Waals surface area contributed by atoms with Gasteiger partial charge in [0.25, 0.3) is 6.08 Å². The predicted molar refractivity (Wildman–Crippen MR) is 101 cm³/mol. The van der Waals surface area contributed by atoms with Gasteiger partial charge in [-0.05, 0) is 29.7 Å². The van der Waals surface area contributed by atoms with Gasteiger partial charge in [-0.2, -0.15) is 17.6 Å². The molecule has 2 aromatic rings. The Morgan fingerprint density at radius 1 is 1.03 bits per heavy atom. The Morgan fingerprint density at radius 3 is 2.13 bits per heavy atom. The number of alkyl halides is 2. The van der Waals surface area contributed by atoms with Gasteiger partial charge in [0, 0.05) is 11.5 Å². The van der Waals surface area contributed by atoms with E-state index in [1.54, 1.807) is 24.3 Å². The van der Waals surface area contributed by atoms with E-state index in [0.29, 0.717) is 24.7 Å². The highest BCUT2D eigenvalue weighted by Gasteiger charge is 2.33. The molecule has 0 aliphatic carbocycles. The van der Waals surface area contributed by atoms with Crippen molar-refractivity contribution in [3.05, 3.63) is 65.8 Å². The summed E-state index contributed by atoms with van der Waals surface area (Å²) >= 11 is 0. The number of hydrogen-bond donors (Lipinski definition) is 0. The minimum atomic E-state index is -4.57. The van der Waals surface area contributed by atoms with E-state index in [4.69, 9.17) is 9.47 Å². The monoisotopic (exact) mass is 446 g/mol. The molecular weight excluding hydrogens is 426 g/mol. The fraction of sp³-hybridized carbons (Fsp3) is 0.364. The zero-order chi connectivity index (χ0) is 22.6. The standard InChI is InChI=1S/C22H20F6O3/c1-2-3-13-11-29-21(30-12-13)15-6-4-14(5-7-15)16-8-17(23)20(18(24)9-16)31-22(27,28)10-19(25)26/h4-10,13,21H,2-3,11-12H2,1H3. The van der Waals surface area contributed by atoms with Crippen molar-refractivity contribution in [3.63, 3.8) is 0 Å². The van der Waals surface area contributed by atoms with Crippen molar-refractivity contribution in [2.45, 2.75) is 32.2 Å². The highest BCUT2D eigenvalue weighted by molar-refractivity contribution is 5.65. The molecule has 3 nitrogen and oxygen atoms in total. The number of benzene rings is 2. The van der Waals surface area contributed by atoms with Crippen LogP contribution >= 0.6 is 0 Å². The van der Waals surface area contributed by atoms with Crippen molar-refractivity contribution in [1.82, 2.24) is 0 Å². The van der Waals surface area contributed by atoms with E-state index >= 15 is 0 Å². The summed E-state index contributed by atoms with van der Waals surface area (Å²) in [7, 11) is 0. The Kier molecular flexibility index (Phi) is 7.27. The smallest absolute Gasteiger partial charge is 0.423 e. The second kappa shape index (κ2) is 9.74. The second-order valence-electron chi connectivity index (χ2n) is 7.14. The summed E-state index contributed by atoms with van der Waals surface area (Å²) in [5.41, 5.74) is 1.17. The number of rotatable bonds is 7. The molecule has 0 radical (unpaired) electrons. The molecule has 1 fully saturated rings. The van der Waals surface area contributed by atoms with Crippen LogP contribution in [-0.4, -0.2) is 19.3 Å². The van der Waals surface area contributed by atoms with E-state index in [1.165, 1.54) is 0 Å². The summed E-state index contributed by atoms with van der Waals surface area (Å²) in [5, 5.41) is 0. The summed E-state index contributed by atoms with van der Waals surface area (Å²) < 4.78 is 94.3. The van der Waals surface area contributed by atoms with Crippen LogP contribution in [0.2, 0.25) is 0 Å². The van der Waals surface area contributed by atoms with Crippen LogP contribution in [0.25, 0.3) is 11.1 Å². The van der Waals surface area contributed by atoms with Gasteiger partial charge >= 0.3 is 6.11 Å². The second-order valence-corrected chi connectivity index (χ2v) is 7.14. The van der Waals surface area contributed by atoms with Crippen LogP contribution in [0.3, 0.4) is 0 Å². The van der Waals surface area contributed by atoms with E-state index in [0.717, 1.165) is 30.5 Å². The zero-order valence-electron chi connectivity index (χ0n) is 16.5. The average molecular weight is 446 g/mol. The van der Waals surface area contributed by atoms with Crippen molar-refractivity contribution in [2.75, 3.05) is 13.2 Å². The van der Waals surface area contributed by atoms with E-state index < -0.39 is 41.9 Å². The maximum absolute atomic E-state index is 14.2. The minimum absolute atomic E-state index is 0.0536. The maximum atomic E-state index is 14.2. The van der Waals surface area contributed by atoms with Crippen LogP contribution in [0.4, 0.5) is 26.3 Å². The van der Waals surface area contributed by atoms with Gasteiger partial charge in [0.15, 0.2) is 23.7 Å². The molecule has 31 heavy (non-hydrogen) atoms. The van der Waals surface area contributed by atoms with Gasteiger partial charge in [-0.15, -0.1) is 0 Å². The van der Waals surface area contributed by atoms with Crippen molar-refractivity contribution in [3.8, 4) is 16.9 Å². The molecule has 0 amide bonds. The molecule has 0 unspecified atom stereocenters. The lowest BCUT2D eigenvalue weighted by Gasteiger charge is -2.29. The summed E-state index contributed by atoms with van der Waals surface area (Å²) in [4.78, 5) is 0. The number of halogens is 6. The SMILES string of the molecule is CCCC1COC(c2ccc(-c3cc(F)c(OC(F)(F)C=C(F)F)c(F)c3)cc2)OC1. The van der Waals surface area contributed by atoms with Crippen LogP contribution in [0.5, 0.6) is 5.75 Å². The van der Waals surface area contributed by atoms with Gasteiger partial charge in [0.2, 0.25) is 0 Å². The Bertz CT molecular complexity index is 894. The Balaban J connectivity index is 1.74. The molecule has 1 heterocycles. The first-order valence-corrected chi connectivity index (χ1v) is 9.61. The molecule has 1 saturated heterocycles. The van der Waals surface area contributed by atoms with Gasteiger partial charge < -0.3 is 14.2 Å². The molecule has 0 saturated carbocycles. The van der Waals surface area contributed by atoms with Crippen LogP contribution < -0.4 is 4.74 Å². The van der Waals surface area contributed by atoms with Gasteiger partial charge in [-0.1, -0.05) is 37.6 Å². The van der Waals surface area contributed by atoms with Gasteiger partial charge in [-0.3, -0.25) is 0 Å². The third kappa shape index (κ3) is 6.01. The number of ether oxygens (including phenoxy) is 3. The fourth-order valence-corrected chi connectivity index (χ4v) is 3.26. The molecule has 0 aromatic heterocycles. The van der Waals surface area contributed by atoms with Gasteiger partial charge in [0.1, 0.15) is 0 Å². The molecule has 9 heteroatoms. The van der Waals surface area contributed by atoms with Crippen molar-refractivity contribution in [2.24, 2.45) is 5.92 Å². The molecule has 168 valence electrons. The quantitative estimate of drug-likeness (QED) is 0.436. The van der Waals surface area contributed by atoms with Crippen molar-refractivity contribution in [1.29, 1.82) is 0 Å². The normalized spacial score (nSPS) is 19.2. The Labute approximate surface area is 175 Å². The molecule has 2 aromatic carbocycles. The molecular formula is C22H20F6O3.